The summed E-state index contributed by atoms with van der Waals surface area (Å²) in [6, 6.07) is 19.6. The lowest BCUT2D eigenvalue weighted by Gasteiger charge is -2.23. The van der Waals surface area contributed by atoms with Crippen LogP contribution in [0.4, 0.5) is 0 Å². The van der Waals surface area contributed by atoms with E-state index in [9.17, 15) is 0 Å². The Morgan fingerprint density at radius 3 is 2.25 bits per heavy atom. The number of rotatable bonds is 6. The van der Waals surface area contributed by atoms with E-state index in [0.717, 1.165) is 13.1 Å². The van der Waals surface area contributed by atoms with Gasteiger partial charge in [-0.2, -0.15) is 0 Å². The van der Waals surface area contributed by atoms with Gasteiger partial charge in [-0.1, -0.05) is 54.6 Å². The molecule has 0 spiro atoms. The minimum Gasteiger partial charge on any atom is -0.308 e. The van der Waals surface area contributed by atoms with Crippen LogP contribution in [0, 0.1) is 6.92 Å². The number of nitrogens with zero attached hydrogens (tertiary/aromatic N) is 1. The van der Waals surface area contributed by atoms with Gasteiger partial charge in [-0.05, 0) is 37.7 Å². The molecular formula is C18H24N2. The van der Waals surface area contributed by atoms with Crippen LogP contribution >= 0.6 is 0 Å². The zero-order valence-electron chi connectivity index (χ0n) is 12.6. The molecule has 1 N–H and O–H groups in total. The predicted octanol–water partition coefficient (Wildman–Crippen LogP) is 3.39. The Hall–Kier alpha value is -1.64. The maximum atomic E-state index is 3.68. The van der Waals surface area contributed by atoms with Gasteiger partial charge in [0.15, 0.2) is 0 Å². The standard InChI is InChI=1S/C18H24N2/c1-15-9-7-8-12-17(15)13-19-18(14-20(2)3)16-10-5-4-6-11-16/h4-12,18-19H,13-14H2,1-3H3. The molecule has 0 saturated heterocycles. The van der Waals surface area contributed by atoms with Crippen molar-refractivity contribution in [2.75, 3.05) is 20.6 Å². The topological polar surface area (TPSA) is 15.3 Å². The fourth-order valence-electron chi connectivity index (χ4n) is 2.38. The van der Waals surface area contributed by atoms with Crippen LogP contribution in [0.2, 0.25) is 0 Å². The van der Waals surface area contributed by atoms with Crippen LogP contribution in [0.25, 0.3) is 0 Å². The lowest BCUT2D eigenvalue weighted by molar-refractivity contribution is 0.340. The lowest BCUT2D eigenvalue weighted by atomic mass is 10.0. The Morgan fingerprint density at radius 1 is 0.950 bits per heavy atom. The summed E-state index contributed by atoms with van der Waals surface area (Å²) in [6.45, 7) is 4.07. The first kappa shape index (κ1) is 14.8. The smallest absolute Gasteiger partial charge is 0.0451 e. The maximum absolute atomic E-state index is 3.68. The molecule has 2 rings (SSSR count). The summed E-state index contributed by atoms with van der Waals surface area (Å²) in [7, 11) is 4.23. The Bertz CT molecular complexity index is 520. The SMILES string of the molecule is Cc1ccccc1CNC(CN(C)C)c1ccccc1. The van der Waals surface area contributed by atoms with Crippen molar-refractivity contribution in [2.45, 2.75) is 19.5 Å². The number of hydrogen-bond acceptors (Lipinski definition) is 2. The van der Waals surface area contributed by atoms with Crippen molar-refractivity contribution in [2.24, 2.45) is 0 Å². The second kappa shape index (κ2) is 7.22. The highest BCUT2D eigenvalue weighted by atomic mass is 15.1. The normalized spacial score (nSPS) is 12.6. The first-order chi connectivity index (χ1) is 9.66. The molecule has 106 valence electrons. The van der Waals surface area contributed by atoms with Crippen molar-refractivity contribution >= 4 is 0 Å². The molecule has 1 unspecified atom stereocenters. The summed E-state index contributed by atoms with van der Waals surface area (Å²) in [5, 5.41) is 3.68. The molecule has 0 aromatic heterocycles. The van der Waals surface area contributed by atoms with E-state index in [-0.39, 0.29) is 0 Å². The van der Waals surface area contributed by atoms with Crippen molar-refractivity contribution in [1.82, 2.24) is 10.2 Å². The number of aryl methyl sites for hydroxylation is 1. The maximum Gasteiger partial charge on any atom is 0.0451 e. The van der Waals surface area contributed by atoms with E-state index in [1.807, 2.05) is 0 Å². The quantitative estimate of drug-likeness (QED) is 0.864. The number of benzene rings is 2. The molecule has 0 aliphatic carbocycles. The number of likely N-dealkylation sites (N-methyl/N-ethyl adjacent to an activating group) is 1. The molecule has 2 heteroatoms. The summed E-state index contributed by atoms with van der Waals surface area (Å²) in [5.41, 5.74) is 4.05. The van der Waals surface area contributed by atoms with Crippen LogP contribution in [0.1, 0.15) is 22.7 Å². The molecule has 0 amide bonds. The molecule has 2 aromatic carbocycles. The Morgan fingerprint density at radius 2 is 1.60 bits per heavy atom. The van der Waals surface area contributed by atoms with Gasteiger partial charge in [-0.3, -0.25) is 0 Å². The molecule has 2 aromatic rings. The highest BCUT2D eigenvalue weighted by Gasteiger charge is 2.12. The third-order valence-corrected chi connectivity index (χ3v) is 3.55. The van der Waals surface area contributed by atoms with E-state index in [1.165, 1.54) is 16.7 Å². The molecule has 0 heterocycles. The molecule has 0 bridgehead atoms. The van der Waals surface area contributed by atoms with E-state index in [0.29, 0.717) is 6.04 Å². The van der Waals surface area contributed by atoms with Gasteiger partial charge in [0.2, 0.25) is 0 Å². The van der Waals surface area contributed by atoms with E-state index in [2.05, 4.69) is 85.8 Å². The Balaban J connectivity index is 2.07. The van der Waals surface area contributed by atoms with E-state index >= 15 is 0 Å². The largest absolute Gasteiger partial charge is 0.308 e. The van der Waals surface area contributed by atoms with E-state index in [1.54, 1.807) is 0 Å². The number of hydrogen-bond donors (Lipinski definition) is 1. The molecule has 20 heavy (non-hydrogen) atoms. The number of nitrogens with one attached hydrogen (secondary N) is 1. The third-order valence-electron chi connectivity index (χ3n) is 3.55. The fourth-order valence-corrected chi connectivity index (χ4v) is 2.38. The van der Waals surface area contributed by atoms with Crippen molar-refractivity contribution in [3.8, 4) is 0 Å². The summed E-state index contributed by atoms with van der Waals surface area (Å²) in [6.07, 6.45) is 0. The zero-order valence-corrected chi connectivity index (χ0v) is 12.6. The average Bonchev–Trinajstić information content (AvgIpc) is 2.45. The molecule has 2 nitrogen and oxygen atoms in total. The highest BCUT2D eigenvalue weighted by Crippen LogP contribution is 2.15. The molecule has 0 radical (unpaired) electrons. The third kappa shape index (κ3) is 4.19. The molecule has 1 atom stereocenters. The van der Waals surface area contributed by atoms with Gasteiger partial charge in [0.1, 0.15) is 0 Å². The zero-order chi connectivity index (χ0) is 14.4. The minimum absolute atomic E-state index is 0.353. The second-order valence-electron chi connectivity index (χ2n) is 5.53. The van der Waals surface area contributed by atoms with E-state index < -0.39 is 0 Å². The van der Waals surface area contributed by atoms with Crippen LogP contribution in [-0.2, 0) is 6.54 Å². The van der Waals surface area contributed by atoms with Gasteiger partial charge >= 0.3 is 0 Å². The minimum atomic E-state index is 0.353. The van der Waals surface area contributed by atoms with Crippen molar-refractivity contribution < 1.29 is 0 Å². The summed E-state index contributed by atoms with van der Waals surface area (Å²) >= 11 is 0. The molecule has 0 saturated carbocycles. The summed E-state index contributed by atoms with van der Waals surface area (Å²) in [5.74, 6) is 0. The van der Waals surface area contributed by atoms with Gasteiger partial charge in [0.05, 0.1) is 0 Å². The monoisotopic (exact) mass is 268 g/mol. The van der Waals surface area contributed by atoms with Gasteiger partial charge in [-0.25, -0.2) is 0 Å². The van der Waals surface area contributed by atoms with Gasteiger partial charge in [0, 0.05) is 19.1 Å². The highest BCUT2D eigenvalue weighted by molar-refractivity contribution is 5.26. The van der Waals surface area contributed by atoms with Crippen LogP contribution in [0.3, 0.4) is 0 Å². The molecule has 0 fully saturated rings. The molecular weight excluding hydrogens is 244 g/mol. The fraction of sp³-hybridized carbons (Fsp3) is 0.333. The van der Waals surface area contributed by atoms with Crippen molar-refractivity contribution in [3.05, 3.63) is 71.3 Å². The lowest BCUT2D eigenvalue weighted by Crippen LogP contribution is -2.31. The molecule has 0 aliphatic heterocycles. The predicted molar refractivity (Wildman–Crippen MR) is 85.8 cm³/mol. The van der Waals surface area contributed by atoms with Crippen LogP contribution in [-0.4, -0.2) is 25.5 Å². The summed E-state index contributed by atoms with van der Waals surface area (Å²) in [4.78, 5) is 2.22. The first-order valence-corrected chi connectivity index (χ1v) is 7.14. The summed E-state index contributed by atoms with van der Waals surface area (Å²) < 4.78 is 0. The molecule has 0 aliphatic rings. The van der Waals surface area contributed by atoms with Crippen molar-refractivity contribution in [1.29, 1.82) is 0 Å². The second-order valence-corrected chi connectivity index (χ2v) is 5.53. The first-order valence-electron chi connectivity index (χ1n) is 7.14. The van der Waals surface area contributed by atoms with Crippen LogP contribution < -0.4 is 5.32 Å². The Labute approximate surface area is 122 Å². The van der Waals surface area contributed by atoms with E-state index in [4.69, 9.17) is 0 Å². The van der Waals surface area contributed by atoms with Gasteiger partial charge in [-0.15, -0.1) is 0 Å². The van der Waals surface area contributed by atoms with Crippen LogP contribution in [0.5, 0.6) is 0 Å². The van der Waals surface area contributed by atoms with Gasteiger partial charge in [0.25, 0.3) is 0 Å². The van der Waals surface area contributed by atoms with Gasteiger partial charge < -0.3 is 10.2 Å². The average molecular weight is 268 g/mol. The van der Waals surface area contributed by atoms with Crippen molar-refractivity contribution in [3.63, 3.8) is 0 Å². The Kier molecular flexibility index (Phi) is 5.33. The van der Waals surface area contributed by atoms with Crippen LogP contribution in [0.15, 0.2) is 54.6 Å².